The summed E-state index contributed by atoms with van der Waals surface area (Å²) in [5.74, 6) is -0.679. The van der Waals surface area contributed by atoms with Gasteiger partial charge >= 0.3 is 5.97 Å². The van der Waals surface area contributed by atoms with Crippen molar-refractivity contribution in [2.24, 2.45) is 4.40 Å². The highest BCUT2D eigenvalue weighted by Gasteiger charge is 2.21. The summed E-state index contributed by atoms with van der Waals surface area (Å²) in [5, 5.41) is 0. The molecule has 1 aromatic rings. The molecule has 0 unspecified atom stereocenters. The standard InChI is InChI=1S/C12H16N2O4S/c1-4-18-12(15)10-7-5-6-8-11(10)19(16,17)13-9-14(2)3/h5-9H,4H2,1-3H3. The monoisotopic (exact) mass is 284 g/mol. The van der Waals surface area contributed by atoms with Gasteiger partial charge in [0.15, 0.2) is 0 Å². The number of rotatable bonds is 5. The molecular formula is C12H16N2O4S. The zero-order valence-electron chi connectivity index (χ0n) is 11.0. The summed E-state index contributed by atoms with van der Waals surface area (Å²) < 4.78 is 32.4. The van der Waals surface area contributed by atoms with Crippen molar-refractivity contribution in [3.05, 3.63) is 29.8 Å². The third-order valence-corrected chi connectivity index (χ3v) is 3.36. The van der Waals surface area contributed by atoms with Gasteiger partial charge in [0.25, 0.3) is 10.0 Å². The van der Waals surface area contributed by atoms with Crippen LogP contribution in [0.25, 0.3) is 0 Å². The van der Waals surface area contributed by atoms with Gasteiger partial charge in [-0.1, -0.05) is 12.1 Å². The zero-order valence-corrected chi connectivity index (χ0v) is 11.8. The Balaban J connectivity index is 3.24. The van der Waals surface area contributed by atoms with E-state index in [0.29, 0.717) is 0 Å². The van der Waals surface area contributed by atoms with E-state index in [9.17, 15) is 13.2 Å². The third kappa shape index (κ3) is 4.06. The molecule has 0 atom stereocenters. The molecule has 6 nitrogen and oxygen atoms in total. The molecule has 0 aromatic heterocycles. The average Bonchev–Trinajstić information content (AvgIpc) is 2.37. The van der Waals surface area contributed by atoms with Crippen molar-refractivity contribution in [1.29, 1.82) is 0 Å². The SMILES string of the molecule is CCOC(=O)c1ccccc1S(=O)(=O)N=CN(C)C. The summed E-state index contributed by atoms with van der Waals surface area (Å²) >= 11 is 0. The van der Waals surface area contributed by atoms with Crippen LogP contribution < -0.4 is 0 Å². The van der Waals surface area contributed by atoms with Crippen molar-refractivity contribution in [2.75, 3.05) is 20.7 Å². The fraction of sp³-hybridized carbons (Fsp3) is 0.333. The number of ether oxygens (including phenoxy) is 1. The molecule has 0 aliphatic heterocycles. The summed E-state index contributed by atoms with van der Waals surface area (Å²) in [6, 6.07) is 5.83. The molecule has 0 aliphatic rings. The van der Waals surface area contributed by atoms with E-state index in [2.05, 4.69) is 4.40 Å². The Hall–Kier alpha value is -1.89. The van der Waals surface area contributed by atoms with Gasteiger partial charge in [-0.2, -0.15) is 8.42 Å². The van der Waals surface area contributed by atoms with Gasteiger partial charge in [-0.3, -0.25) is 0 Å². The van der Waals surface area contributed by atoms with Crippen LogP contribution in [0.3, 0.4) is 0 Å². The molecule has 7 heteroatoms. The molecule has 0 bridgehead atoms. The first-order valence-corrected chi connectivity index (χ1v) is 7.05. The molecule has 0 amide bonds. The van der Waals surface area contributed by atoms with Crippen LogP contribution in [0.4, 0.5) is 0 Å². The van der Waals surface area contributed by atoms with Crippen LogP contribution in [0.15, 0.2) is 33.6 Å². The Morgan fingerprint density at radius 3 is 2.58 bits per heavy atom. The van der Waals surface area contributed by atoms with Gasteiger partial charge in [0, 0.05) is 14.1 Å². The highest BCUT2D eigenvalue weighted by molar-refractivity contribution is 7.90. The predicted molar refractivity (Wildman–Crippen MR) is 71.8 cm³/mol. The van der Waals surface area contributed by atoms with Gasteiger partial charge in [-0.25, -0.2) is 4.79 Å². The Bertz CT molecular complexity index is 579. The maximum Gasteiger partial charge on any atom is 0.339 e. The normalized spacial score (nSPS) is 11.5. The Labute approximate surface area is 112 Å². The maximum absolute atomic E-state index is 12.0. The quantitative estimate of drug-likeness (QED) is 0.460. The molecule has 19 heavy (non-hydrogen) atoms. The lowest BCUT2D eigenvalue weighted by Crippen LogP contribution is -2.13. The summed E-state index contributed by atoms with van der Waals surface area (Å²) in [6.45, 7) is 1.83. The smallest absolute Gasteiger partial charge is 0.339 e. The van der Waals surface area contributed by atoms with Crippen molar-refractivity contribution in [2.45, 2.75) is 11.8 Å². The minimum atomic E-state index is -3.92. The van der Waals surface area contributed by atoms with Crippen LogP contribution in [0, 0.1) is 0 Å². The second-order valence-electron chi connectivity index (χ2n) is 3.88. The lowest BCUT2D eigenvalue weighted by atomic mass is 10.2. The molecule has 104 valence electrons. The molecule has 0 aliphatic carbocycles. The van der Waals surface area contributed by atoms with Crippen LogP contribution in [0.1, 0.15) is 17.3 Å². The van der Waals surface area contributed by atoms with E-state index in [0.717, 1.165) is 6.34 Å². The minimum Gasteiger partial charge on any atom is -0.462 e. The van der Waals surface area contributed by atoms with Crippen molar-refractivity contribution in [3.63, 3.8) is 0 Å². The largest absolute Gasteiger partial charge is 0.462 e. The van der Waals surface area contributed by atoms with Gasteiger partial charge in [0.2, 0.25) is 0 Å². The van der Waals surface area contributed by atoms with Crippen LogP contribution in [0.2, 0.25) is 0 Å². The summed E-state index contributed by atoms with van der Waals surface area (Å²) in [6.07, 6.45) is 1.16. The number of hydrogen-bond donors (Lipinski definition) is 0. The van der Waals surface area contributed by atoms with Gasteiger partial charge in [0.1, 0.15) is 11.2 Å². The molecule has 0 radical (unpaired) electrons. The van der Waals surface area contributed by atoms with Crippen molar-refractivity contribution in [1.82, 2.24) is 4.90 Å². The number of benzene rings is 1. The molecule has 0 fully saturated rings. The molecule has 0 saturated heterocycles. The van der Waals surface area contributed by atoms with Crippen LogP contribution in [-0.2, 0) is 14.8 Å². The Kier molecular flexibility index (Phi) is 5.05. The van der Waals surface area contributed by atoms with Crippen LogP contribution in [-0.4, -0.2) is 46.3 Å². The topological polar surface area (TPSA) is 76.0 Å². The van der Waals surface area contributed by atoms with Gasteiger partial charge < -0.3 is 9.64 Å². The van der Waals surface area contributed by atoms with Crippen LogP contribution >= 0.6 is 0 Å². The second-order valence-corrected chi connectivity index (χ2v) is 5.48. The number of carbonyl (C=O) groups is 1. The molecule has 0 saturated carbocycles. The first-order valence-electron chi connectivity index (χ1n) is 5.61. The Morgan fingerprint density at radius 2 is 2.00 bits per heavy atom. The molecule has 1 aromatic carbocycles. The predicted octanol–water partition coefficient (Wildman–Crippen LogP) is 1.14. The van der Waals surface area contributed by atoms with E-state index in [4.69, 9.17) is 4.74 Å². The maximum atomic E-state index is 12.0. The number of sulfonamides is 1. The lowest BCUT2D eigenvalue weighted by Gasteiger charge is -2.07. The van der Waals surface area contributed by atoms with Crippen molar-refractivity contribution >= 4 is 22.3 Å². The van der Waals surface area contributed by atoms with E-state index in [-0.39, 0.29) is 17.1 Å². The van der Waals surface area contributed by atoms with E-state index in [1.807, 2.05) is 0 Å². The van der Waals surface area contributed by atoms with E-state index in [1.165, 1.54) is 23.1 Å². The molecule has 0 spiro atoms. The molecule has 0 heterocycles. The van der Waals surface area contributed by atoms with Crippen molar-refractivity contribution < 1.29 is 17.9 Å². The number of esters is 1. The lowest BCUT2D eigenvalue weighted by molar-refractivity contribution is 0.0522. The summed E-state index contributed by atoms with van der Waals surface area (Å²) in [4.78, 5) is 13.0. The fourth-order valence-corrected chi connectivity index (χ4v) is 2.39. The number of carbonyl (C=O) groups excluding carboxylic acids is 1. The van der Waals surface area contributed by atoms with Gasteiger partial charge in [-0.05, 0) is 19.1 Å². The molecular weight excluding hydrogens is 268 g/mol. The highest BCUT2D eigenvalue weighted by Crippen LogP contribution is 2.18. The highest BCUT2D eigenvalue weighted by atomic mass is 32.2. The molecule has 0 N–H and O–H groups in total. The van der Waals surface area contributed by atoms with E-state index < -0.39 is 16.0 Å². The Morgan fingerprint density at radius 1 is 1.37 bits per heavy atom. The number of nitrogens with zero attached hydrogens (tertiary/aromatic N) is 2. The average molecular weight is 284 g/mol. The first-order chi connectivity index (χ1) is 8.88. The fourth-order valence-electron chi connectivity index (χ4n) is 1.28. The van der Waals surface area contributed by atoms with Crippen molar-refractivity contribution in [3.8, 4) is 0 Å². The van der Waals surface area contributed by atoms with Gasteiger partial charge in [-0.15, -0.1) is 4.40 Å². The number of hydrogen-bond acceptors (Lipinski definition) is 4. The van der Waals surface area contributed by atoms with Gasteiger partial charge in [0.05, 0.1) is 12.2 Å². The molecule has 1 rings (SSSR count). The first kappa shape index (κ1) is 15.2. The third-order valence-electron chi connectivity index (χ3n) is 2.08. The second kappa shape index (κ2) is 6.33. The summed E-state index contributed by atoms with van der Waals surface area (Å²) in [5.41, 5.74) is -0.0137. The zero-order chi connectivity index (χ0) is 14.5. The minimum absolute atomic E-state index is 0.0137. The van der Waals surface area contributed by atoms with E-state index >= 15 is 0 Å². The van der Waals surface area contributed by atoms with E-state index in [1.54, 1.807) is 27.1 Å². The van der Waals surface area contributed by atoms with Crippen LogP contribution in [0.5, 0.6) is 0 Å². The summed E-state index contributed by atoms with van der Waals surface area (Å²) in [7, 11) is -0.624.